The van der Waals surface area contributed by atoms with E-state index < -0.39 is 0 Å². The van der Waals surface area contributed by atoms with E-state index in [0.717, 1.165) is 40.0 Å². The highest BCUT2D eigenvalue weighted by Crippen LogP contribution is 2.38. The molecule has 25 heavy (non-hydrogen) atoms. The molecule has 0 spiro atoms. The number of H-pyrrole nitrogens is 1. The summed E-state index contributed by atoms with van der Waals surface area (Å²) in [6.07, 6.45) is 10.2. The number of benzene rings is 1. The topological polar surface area (TPSA) is 66.0 Å². The number of thiophene rings is 1. The fourth-order valence-electron chi connectivity index (χ4n) is 3.49. The Morgan fingerprint density at radius 1 is 1.16 bits per heavy atom. The molecule has 2 N–H and O–H groups in total. The molecule has 6 heteroatoms. The summed E-state index contributed by atoms with van der Waals surface area (Å²) in [5.74, 6) is 0.809. The Bertz CT molecular complexity index is 1090. The molecule has 5 rings (SSSR count). The van der Waals surface area contributed by atoms with E-state index in [9.17, 15) is 0 Å². The van der Waals surface area contributed by atoms with E-state index in [2.05, 4.69) is 43.7 Å². The normalized spacial score (nSPS) is 14.4. The third-order valence-corrected chi connectivity index (χ3v) is 5.91. The molecule has 0 atom stereocenters. The third-order valence-electron chi connectivity index (χ3n) is 4.71. The maximum absolute atomic E-state index is 4.45. The number of aromatic amines is 1. The smallest absolute Gasteiger partial charge is 0.158 e. The van der Waals surface area contributed by atoms with Crippen molar-refractivity contribution in [3.8, 4) is 0 Å². The molecule has 3 aromatic heterocycles. The van der Waals surface area contributed by atoms with Gasteiger partial charge in [-0.25, -0.2) is 9.97 Å². The minimum Gasteiger partial charge on any atom is -0.361 e. The van der Waals surface area contributed by atoms with E-state index in [-0.39, 0.29) is 0 Å². The molecule has 0 fully saturated rings. The molecule has 0 amide bonds. The summed E-state index contributed by atoms with van der Waals surface area (Å²) in [6.45, 7) is 0. The molecule has 0 unspecified atom stereocenters. The van der Waals surface area contributed by atoms with Crippen LogP contribution in [0.25, 0.3) is 21.1 Å². The maximum Gasteiger partial charge on any atom is 0.158 e. The number of nitrogens with zero attached hydrogens (tertiary/aromatic N) is 3. The molecule has 4 aromatic rings. The number of aryl methyl sites for hydroxylation is 2. The molecule has 0 aliphatic heterocycles. The van der Waals surface area contributed by atoms with Crippen LogP contribution in [0.5, 0.6) is 0 Å². The number of aromatic nitrogens is 3. The summed E-state index contributed by atoms with van der Waals surface area (Å²) < 4.78 is 0. The second-order valence-corrected chi connectivity index (χ2v) is 7.39. The molecule has 1 aromatic carbocycles. The SMILES string of the molecule is C(=N\Nc1ncnc2sc3c(c12)CCCC3)/c1ccc2[nH]ccc2c1. The Morgan fingerprint density at radius 2 is 2.12 bits per heavy atom. The van der Waals surface area contributed by atoms with Crippen LogP contribution < -0.4 is 5.43 Å². The molecular weight excluding hydrogens is 330 g/mol. The average Bonchev–Trinajstić information content (AvgIpc) is 3.25. The Labute approximate surface area is 148 Å². The Morgan fingerprint density at radius 3 is 3.12 bits per heavy atom. The third kappa shape index (κ3) is 2.59. The van der Waals surface area contributed by atoms with Crippen LogP contribution in [0.3, 0.4) is 0 Å². The lowest BCUT2D eigenvalue weighted by molar-refractivity contribution is 0.700. The van der Waals surface area contributed by atoms with Crippen molar-refractivity contribution in [2.24, 2.45) is 5.10 Å². The van der Waals surface area contributed by atoms with Crippen LogP contribution in [-0.4, -0.2) is 21.2 Å². The van der Waals surface area contributed by atoms with Crippen LogP contribution in [0.15, 0.2) is 41.9 Å². The minimum atomic E-state index is 0.809. The zero-order valence-corrected chi connectivity index (χ0v) is 14.4. The first-order valence-electron chi connectivity index (χ1n) is 8.50. The summed E-state index contributed by atoms with van der Waals surface area (Å²) in [5.41, 5.74) is 6.73. The summed E-state index contributed by atoms with van der Waals surface area (Å²) in [4.78, 5) is 14.6. The van der Waals surface area contributed by atoms with Crippen LogP contribution in [0.1, 0.15) is 28.8 Å². The second-order valence-electron chi connectivity index (χ2n) is 6.31. The quantitative estimate of drug-likeness (QED) is 0.424. The number of hydrogen-bond donors (Lipinski definition) is 2. The zero-order chi connectivity index (χ0) is 16.6. The summed E-state index contributed by atoms with van der Waals surface area (Å²) in [6, 6.07) is 8.28. The maximum atomic E-state index is 4.45. The highest BCUT2D eigenvalue weighted by molar-refractivity contribution is 7.19. The molecular formula is C19H17N5S. The van der Waals surface area contributed by atoms with Crippen LogP contribution in [0, 0.1) is 0 Å². The first kappa shape index (κ1) is 14.6. The number of anilines is 1. The van der Waals surface area contributed by atoms with E-state index >= 15 is 0 Å². The Kier molecular flexibility index (Phi) is 3.48. The standard InChI is InChI=1S/C19H17N5S/c1-2-4-16-14(3-1)17-18(21-11-22-19(17)25-16)24-23-10-12-5-6-15-13(9-12)7-8-20-15/h5-11,20H,1-4H2,(H,21,22,24)/b23-10+. The molecule has 0 saturated heterocycles. The van der Waals surface area contributed by atoms with Gasteiger partial charge in [0.2, 0.25) is 0 Å². The average molecular weight is 347 g/mol. The van der Waals surface area contributed by atoms with Gasteiger partial charge in [0.15, 0.2) is 5.82 Å². The lowest BCUT2D eigenvalue weighted by atomic mass is 9.97. The van der Waals surface area contributed by atoms with Gasteiger partial charge in [0.05, 0.1) is 11.6 Å². The van der Waals surface area contributed by atoms with Gasteiger partial charge in [0, 0.05) is 16.6 Å². The van der Waals surface area contributed by atoms with Crippen LogP contribution in [-0.2, 0) is 12.8 Å². The summed E-state index contributed by atoms with van der Waals surface area (Å²) in [5, 5.41) is 6.74. The van der Waals surface area contributed by atoms with E-state index in [1.54, 1.807) is 17.7 Å². The Hall–Kier alpha value is -2.73. The number of nitrogens with one attached hydrogen (secondary N) is 2. The van der Waals surface area contributed by atoms with Gasteiger partial charge < -0.3 is 4.98 Å². The highest BCUT2D eigenvalue weighted by Gasteiger charge is 2.19. The van der Waals surface area contributed by atoms with Crippen LogP contribution >= 0.6 is 11.3 Å². The Balaban J connectivity index is 1.46. The lowest BCUT2D eigenvalue weighted by Gasteiger charge is -2.11. The molecule has 1 aliphatic rings. The summed E-state index contributed by atoms with van der Waals surface area (Å²) in [7, 11) is 0. The number of hydrazone groups is 1. The first-order valence-corrected chi connectivity index (χ1v) is 9.31. The summed E-state index contributed by atoms with van der Waals surface area (Å²) >= 11 is 1.80. The fraction of sp³-hybridized carbons (Fsp3) is 0.211. The van der Waals surface area contributed by atoms with Gasteiger partial charge in [-0.15, -0.1) is 11.3 Å². The number of fused-ring (bicyclic) bond motifs is 4. The second kappa shape index (κ2) is 5.97. The van der Waals surface area contributed by atoms with E-state index in [0.29, 0.717) is 0 Å². The fourth-order valence-corrected chi connectivity index (χ4v) is 4.72. The molecule has 0 radical (unpaired) electrons. The molecule has 0 saturated carbocycles. The lowest BCUT2D eigenvalue weighted by Crippen LogP contribution is -2.00. The van der Waals surface area contributed by atoms with Crippen molar-refractivity contribution in [2.75, 3.05) is 5.43 Å². The van der Waals surface area contributed by atoms with Crippen molar-refractivity contribution in [3.63, 3.8) is 0 Å². The van der Waals surface area contributed by atoms with Gasteiger partial charge >= 0.3 is 0 Å². The molecule has 3 heterocycles. The van der Waals surface area contributed by atoms with Gasteiger partial charge in [0.25, 0.3) is 0 Å². The van der Waals surface area contributed by atoms with Crippen molar-refractivity contribution >= 4 is 44.5 Å². The van der Waals surface area contributed by atoms with Crippen molar-refractivity contribution in [3.05, 3.63) is 52.8 Å². The van der Waals surface area contributed by atoms with Crippen LogP contribution in [0.4, 0.5) is 5.82 Å². The van der Waals surface area contributed by atoms with Gasteiger partial charge in [-0.2, -0.15) is 5.10 Å². The van der Waals surface area contributed by atoms with Gasteiger partial charge in [-0.05, 0) is 60.4 Å². The van der Waals surface area contributed by atoms with Crippen molar-refractivity contribution in [1.29, 1.82) is 0 Å². The zero-order valence-electron chi connectivity index (χ0n) is 13.6. The predicted molar refractivity (Wildman–Crippen MR) is 104 cm³/mol. The molecule has 1 aliphatic carbocycles. The number of rotatable bonds is 3. The van der Waals surface area contributed by atoms with E-state index in [4.69, 9.17) is 0 Å². The largest absolute Gasteiger partial charge is 0.361 e. The molecule has 5 nitrogen and oxygen atoms in total. The number of hydrogen-bond acceptors (Lipinski definition) is 5. The van der Waals surface area contributed by atoms with Gasteiger partial charge in [-0.1, -0.05) is 6.07 Å². The van der Waals surface area contributed by atoms with Crippen molar-refractivity contribution in [2.45, 2.75) is 25.7 Å². The van der Waals surface area contributed by atoms with Crippen LogP contribution in [0.2, 0.25) is 0 Å². The van der Waals surface area contributed by atoms with E-state index in [1.807, 2.05) is 18.5 Å². The van der Waals surface area contributed by atoms with E-state index in [1.165, 1.54) is 28.7 Å². The first-order chi connectivity index (χ1) is 12.4. The molecule has 124 valence electrons. The predicted octanol–water partition coefficient (Wildman–Crippen LogP) is 4.50. The van der Waals surface area contributed by atoms with Crippen molar-refractivity contribution in [1.82, 2.24) is 15.0 Å². The van der Waals surface area contributed by atoms with Gasteiger partial charge in [-0.3, -0.25) is 5.43 Å². The minimum absolute atomic E-state index is 0.809. The molecule has 0 bridgehead atoms. The highest BCUT2D eigenvalue weighted by atomic mass is 32.1. The monoisotopic (exact) mass is 347 g/mol. The van der Waals surface area contributed by atoms with Gasteiger partial charge in [0.1, 0.15) is 11.2 Å². The van der Waals surface area contributed by atoms with Crippen molar-refractivity contribution < 1.29 is 0 Å².